The maximum atomic E-state index is 12.4. The van der Waals surface area contributed by atoms with E-state index in [9.17, 15) is 4.79 Å². The van der Waals surface area contributed by atoms with E-state index in [2.05, 4.69) is 21.1 Å². The molecule has 106 valence electrons. The van der Waals surface area contributed by atoms with Gasteiger partial charge in [-0.3, -0.25) is 4.79 Å². The monoisotopic (exact) mass is 297 g/mol. The minimum absolute atomic E-state index is 0.0928. The van der Waals surface area contributed by atoms with Crippen LogP contribution in [0, 0.1) is 18.3 Å². The first-order chi connectivity index (χ1) is 10.2. The lowest BCUT2D eigenvalue weighted by Crippen LogP contribution is -2.43. The van der Waals surface area contributed by atoms with Crippen LogP contribution in [0.15, 0.2) is 17.6 Å². The Morgan fingerprint density at radius 2 is 2.43 bits per heavy atom. The molecule has 3 atom stereocenters. The van der Waals surface area contributed by atoms with Gasteiger partial charge in [0.05, 0.1) is 4.70 Å². The second kappa shape index (κ2) is 4.83. The van der Waals surface area contributed by atoms with E-state index in [1.54, 1.807) is 17.5 Å². The first-order valence-electron chi connectivity index (χ1n) is 7.11. The van der Waals surface area contributed by atoms with Crippen LogP contribution in [-0.2, 0) is 0 Å². The summed E-state index contributed by atoms with van der Waals surface area (Å²) in [5.41, 5.74) is 1.28. The van der Waals surface area contributed by atoms with Crippen LogP contribution in [0.3, 0.4) is 0 Å². The van der Waals surface area contributed by atoms with E-state index in [4.69, 9.17) is 6.42 Å². The van der Waals surface area contributed by atoms with Crippen LogP contribution in [0.25, 0.3) is 10.1 Å². The van der Waals surface area contributed by atoms with Crippen molar-refractivity contribution in [2.75, 3.05) is 19.6 Å². The average molecular weight is 297 g/mol. The molecule has 4 heterocycles. The molecule has 0 aliphatic carbocycles. The molecule has 2 aromatic heterocycles. The van der Waals surface area contributed by atoms with Crippen molar-refractivity contribution in [3.05, 3.63) is 28.9 Å². The largest absolute Gasteiger partial charge is 0.346 e. The molecule has 2 saturated heterocycles. The van der Waals surface area contributed by atoms with Crippen LogP contribution in [0.5, 0.6) is 0 Å². The van der Waals surface area contributed by atoms with E-state index < -0.39 is 0 Å². The molecule has 0 spiro atoms. The average Bonchev–Trinajstić information content (AvgIpc) is 3.21. The van der Waals surface area contributed by atoms with Crippen molar-refractivity contribution < 1.29 is 4.79 Å². The van der Waals surface area contributed by atoms with Crippen LogP contribution >= 0.6 is 11.3 Å². The SMILES string of the molecule is C#Cc1csc2cnc(C(=O)NC3CN4CC[C@H]3C4)cc12. The van der Waals surface area contributed by atoms with E-state index >= 15 is 0 Å². The molecule has 2 fully saturated rings. The fourth-order valence-electron chi connectivity index (χ4n) is 3.36. The van der Waals surface area contributed by atoms with Gasteiger partial charge in [-0.2, -0.15) is 0 Å². The first-order valence-corrected chi connectivity index (χ1v) is 7.99. The number of hydrogen-bond acceptors (Lipinski definition) is 4. The smallest absolute Gasteiger partial charge is 0.270 e. The van der Waals surface area contributed by atoms with Crippen molar-refractivity contribution in [3.8, 4) is 12.3 Å². The number of rotatable bonds is 2. The second-order valence-electron chi connectivity index (χ2n) is 5.75. The van der Waals surface area contributed by atoms with Crippen molar-refractivity contribution in [3.63, 3.8) is 0 Å². The zero-order chi connectivity index (χ0) is 14.4. The number of aromatic nitrogens is 1. The van der Waals surface area contributed by atoms with E-state index in [0.717, 1.165) is 28.7 Å². The highest BCUT2D eigenvalue weighted by Gasteiger charge is 2.38. The number of hydrogen-bond donors (Lipinski definition) is 1. The molecular formula is C16H15N3OS. The lowest BCUT2D eigenvalue weighted by atomic mass is 10.00. The molecular weight excluding hydrogens is 282 g/mol. The molecule has 0 aromatic carbocycles. The van der Waals surface area contributed by atoms with E-state index in [-0.39, 0.29) is 11.9 Å². The van der Waals surface area contributed by atoms with Crippen LogP contribution in [0.4, 0.5) is 0 Å². The van der Waals surface area contributed by atoms with Crippen molar-refractivity contribution in [1.82, 2.24) is 15.2 Å². The summed E-state index contributed by atoms with van der Waals surface area (Å²) < 4.78 is 1.02. The summed E-state index contributed by atoms with van der Waals surface area (Å²) >= 11 is 1.56. The molecule has 4 nitrogen and oxygen atoms in total. The van der Waals surface area contributed by atoms with Gasteiger partial charge in [0.15, 0.2) is 0 Å². The van der Waals surface area contributed by atoms with Gasteiger partial charge in [0.1, 0.15) is 5.69 Å². The first kappa shape index (κ1) is 12.8. The fraction of sp³-hybridized carbons (Fsp3) is 0.375. The Kier molecular flexibility index (Phi) is 2.95. The topological polar surface area (TPSA) is 45.2 Å². The molecule has 0 saturated carbocycles. The number of thiophene rings is 1. The Hall–Kier alpha value is -1.90. The third kappa shape index (κ3) is 2.11. The van der Waals surface area contributed by atoms with Crippen molar-refractivity contribution in [1.29, 1.82) is 0 Å². The molecule has 2 unspecified atom stereocenters. The highest BCUT2D eigenvalue weighted by Crippen LogP contribution is 2.28. The summed E-state index contributed by atoms with van der Waals surface area (Å²) in [4.78, 5) is 19.1. The highest BCUT2D eigenvalue weighted by molar-refractivity contribution is 7.17. The number of terminal acetylenes is 1. The number of amides is 1. The molecule has 2 aromatic rings. The molecule has 2 bridgehead atoms. The Morgan fingerprint density at radius 3 is 3.14 bits per heavy atom. The normalized spacial score (nSPS) is 26.9. The van der Waals surface area contributed by atoms with Crippen LogP contribution in [0.2, 0.25) is 0 Å². The van der Waals surface area contributed by atoms with E-state index in [1.807, 2.05) is 11.4 Å². The number of carbonyl (C=O) groups is 1. The molecule has 1 amide bonds. The van der Waals surface area contributed by atoms with Gasteiger partial charge in [-0.15, -0.1) is 17.8 Å². The van der Waals surface area contributed by atoms with Crippen LogP contribution in [-0.4, -0.2) is 41.5 Å². The quantitative estimate of drug-likeness (QED) is 0.858. The predicted molar refractivity (Wildman–Crippen MR) is 83.4 cm³/mol. The second-order valence-corrected chi connectivity index (χ2v) is 6.66. The summed E-state index contributed by atoms with van der Waals surface area (Å²) in [5, 5.41) is 6.00. The summed E-state index contributed by atoms with van der Waals surface area (Å²) in [6, 6.07) is 2.07. The van der Waals surface area contributed by atoms with E-state index in [0.29, 0.717) is 11.6 Å². The number of carbonyl (C=O) groups excluding carboxylic acids is 1. The van der Waals surface area contributed by atoms with Gasteiger partial charge >= 0.3 is 0 Å². The Bertz CT molecular complexity index is 760. The number of piperidine rings is 1. The minimum Gasteiger partial charge on any atom is -0.346 e. The predicted octanol–water partition coefficient (Wildman–Crippen LogP) is 1.71. The van der Waals surface area contributed by atoms with Gasteiger partial charge in [0.25, 0.3) is 5.91 Å². The zero-order valence-corrected chi connectivity index (χ0v) is 12.3. The van der Waals surface area contributed by atoms with Crippen LogP contribution < -0.4 is 5.32 Å². The lowest BCUT2D eigenvalue weighted by Gasteiger charge is -2.22. The molecule has 1 N–H and O–H groups in total. The molecule has 4 rings (SSSR count). The molecule has 2 aliphatic heterocycles. The van der Waals surface area contributed by atoms with Crippen molar-refractivity contribution in [2.45, 2.75) is 12.5 Å². The van der Waals surface area contributed by atoms with Crippen molar-refractivity contribution >= 4 is 27.3 Å². The molecule has 5 heteroatoms. The standard InChI is InChI=1S/C16H15N3OS/c1-2-10-9-21-15-6-17-13(5-12(10)15)16(20)18-14-8-19-4-3-11(14)7-19/h1,5-6,9,11,14H,3-4,7-8H2,(H,18,20)/t11-,14?/m0/s1. The Balaban J connectivity index is 1.58. The van der Waals surface area contributed by atoms with Gasteiger partial charge in [0.2, 0.25) is 0 Å². The lowest BCUT2D eigenvalue weighted by molar-refractivity contribution is 0.0919. The third-order valence-corrected chi connectivity index (χ3v) is 5.43. The van der Waals surface area contributed by atoms with Gasteiger partial charge in [-0.1, -0.05) is 5.92 Å². The number of nitrogens with zero attached hydrogens (tertiary/aromatic N) is 2. The minimum atomic E-state index is -0.0928. The van der Waals surface area contributed by atoms with Crippen LogP contribution in [0.1, 0.15) is 22.5 Å². The maximum absolute atomic E-state index is 12.4. The molecule has 0 radical (unpaired) electrons. The third-order valence-electron chi connectivity index (χ3n) is 4.50. The maximum Gasteiger partial charge on any atom is 0.270 e. The van der Waals surface area contributed by atoms with Gasteiger partial charge in [-0.05, 0) is 24.9 Å². The summed E-state index contributed by atoms with van der Waals surface area (Å²) in [7, 11) is 0. The van der Waals surface area contributed by atoms with Crippen molar-refractivity contribution in [2.24, 2.45) is 5.92 Å². The van der Waals surface area contributed by atoms with E-state index in [1.165, 1.54) is 13.0 Å². The Morgan fingerprint density at radius 1 is 1.52 bits per heavy atom. The zero-order valence-electron chi connectivity index (χ0n) is 11.5. The van der Waals surface area contributed by atoms with Gasteiger partial charge < -0.3 is 10.2 Å². The highest BCUT2D eigenvalue weighted by atomic mass is 32.1. The van der Waals surface area contributed by atoms with Gasteiger partial charge in [0, 0.05) is 41.7 Å². The Labute approximate surface area is 127 Å². The molecule has 21 heavy (non-hydrogen) atoms. The summed E-state index contributed by atoms with van der Waals surface area (Å²) in [5.74, 6) is 3.16. The number of nitrogens with one attached hydrogen (secondary N) is 1. The summed E-state index contributed by atoms with van der Waals surface area (Å²) in [6.07, 6.45) is 8.41. The number of fused-ring (bicyclic) bond motifs is 3. The molecule has 2 aliphatic rings. The summed E-state index contributed by atoms with van der Waals surface area (Å²) in [6.45, 7) is 3.25. The fourth-order valence-corrected chi connectivity index (χ4v) is 4.21. The number of pyridine rings is 1. The van der Waals surface area contributed by atoms with Gasteiger partial charge in [-0.25, -0.2) is 4.98 Å².